The molecular formula is C17H20N6O2. The van der Waals surface area contributed by atoms with Crippen LogP contribution in [-0.2, 0) is 14.1 Å². The summed E-state index contributed by atoms with van der Waals surface area (Å²) in [7, 11) is 3.44. The van der Waals surface area contributed by atoms with E-state index < -0.39 is 6.23 Å². The van der Waals surface area contributed by atoms with Gasteiger partial charge >= 0.3 is 5.69 Å². The van der Waals surface area contributed by atoms with Crippen molar-refractivity contribution in [2.24, 2.45) is 19.1 Å². The van der Waals surface area contributed by atoms with Gasteiger partial charge in [0.15, 0.2) is 6.23 Å². The third-order valence-corrected chi connectivity index (χ3v) is 4.14. The van der Waals surface area contributed by atoms with Crippen LogP contribution < -0.4 is 5.69 Å². The largest absolute Gasteiger partial charge is 0.368 e. The molecule has 0 aliphatic heterocycles. The molecule has 25 heavy (non-hydrogen) atoms. The Labute approximate surface area is 144 Å². The van der Waals surface area contributed by atoms with E-state index in [-0.39, 0.29) is 5.69 Å². The summed E-state index contributed by atoms with van der Waals surface area (Å²) in [5, 5.41) is 18.3. The third kappa shape index (κ3) is 3.03. The summed E-state index contributed by atoms with van der Waals surface area (Å²) in [4.78, 5) is 16.6. The molecule has 3 rings (SSSR count). The minimum absolute atomic E-state index is 0.387. The van der Waals surface area contributed by atoms with E-state index in [1.54, 1.807) is 12.1 Å². The van der Waals surface area contributed by atoms with Crippen LogP contribution >= 0.6 is 0 Å². The summed E-state index contributed by atoms with van der Waals surface area (Å²) in [6.07, 6.45) is 0.791. The molecule has 0 spiro atoms. The number of aromatic nitrogens is 5. The lowest BCUT2D eigenvalue weighted by molar-refractivity contribution is 0.187. The molecule has 8 nitrogen and oxygen atoms in total. The molecule has 0 aliphatic carbocycles. The zero-order chi connectivity index (χ0) is 18.1. The molecule has 1 unspecified atom stereocenters. The summed E-state index contributed by atoms with van der Waals surface area (Å²) in [5.41, 5.74) is 3.02. The lowest BCUT2D eigenvalue weighted by Crippen LogP contribution is -2.23. The first-order valence-electron chi connectivity index (χ1n) is 7.83. The summed E-state index contributed by atoms with van der Waals surface area (Å²) in [5.74, 6) is 0. The lowest BCUT2D eigenvalue weighted by Gasteiger charge is -2.15. The van der Waals surface area contributed by atoms with Gasteiger partial charge in [0.25, 0.3) is 0 Å². The Balaban J connectivity index is 2.09. The van der Waals surface area contributed by atoms with E-state index >= 15 is 0 Å². The molecule has 0 saturated carbocycles. The average Bonchev–Trinajstić information content (AvgIpc) is 3.13. The van der Waals surface area contributed by atoms with Crippen LogP contribution in [0.15, 0.2) is 46.3 Å². The Morgan fingerprint density at radius 2 is 1.96 bits per heavy atom. The lowest BCUT2D eigenvalue weighted by atomic mass is 10.0. The predicted octanol–water partition coefficient (Wildman–Crippen LogP) is 1.11. The number of tetrazole rings is 1. The molecule has 0 radical (unpaired) electrons. The summed E-state index contributed by atoms with van der Waals surface area (Å²) < 4.78 is 4.23. The highest BCUT2D eigenvalue weighted by molar-refractivity contribution is 5.97. The molecule has 3 aromatic rings. The maximum atomic E-state index is 12.2. The number of aliphatic imine (C=N–C) groups is 1. The first kappa shape index (κ1) is 16.8. The van der Waals surface area contributed by atoms with Crippen LogP contribution in [0, 0.1) is 6.92 Å². The second-order valence-corrected chi connectivity index (χ2v) is 5.90. The standard InChI is InChI=1S/C17H20N6O2/c1-11-7-5-8-14(23-17(25)22(4)19-20-23)15(11)16(24)18-12(2)13-9-6-10-21(13)3/h5-10,16,24H,1-4H3. The zero-order valence-electron chi connectivity index (χ0n) is 14.6. The topological polar surface area (TPSA) is 90.2 Å². The molecule has 0 bridgehead atoms. The predicted molar refractivity (Wildman–Crippen MR) is 93.9 cm³/mol. The highest BCUT2D eigenvalue weighted by atomic mass is 16.3. The fourth-order valence-electron chi connectivity index (χ4n) is 2.80. The monoisotopic (exact) mass is 340 g/mol. The van der Waals surface area contributed by atoms with E-state index in [0.29, 0.717) is 17.0 Å². The average molecular weight is 340 g/mol. The van der Waals surface area contributed by atoms with Crippen molar-refractivity contribution in [3.63, 3.8) is 0 Å². The highest BCUT2D eigenvalue weighted by Gasteiger charge is 2.19. The minimum Gasteiger partial charge on any atom is -0.368 e. The van der Waals surface area contributed by atoms with Crippen molar-refractivity contribution >= 4 is 5.71 Å². The molecule has 1 N–H and O–H groups in total. The minimum atomic E-state index is -1.12. The zero-order valence-corrected chi connectivity index (χ0v) is 14.6. The van der Waals surface area contributed by atoms with Crippen molar-refractivity contribution in [2.45, 2.75) is 20.1 Å². The van der Waals surface area contributed by atoms with Gasteiger partial charge in [-0.25, -0.2) is 4.79 Å². The second-order valence-electron chi connectivity index (χ2n) is 5.90. The number of nitrogens with zero attached hydrogens (tertiary/aromatic N) is 6. The van der Waals surface area contributed by atoms with Crippen molar-refractivity contribution < 1.29 is 5.11 Å². The SMILES string of the molecule is CC(=NC(O)c1c(C)cccc1-n1nnn(C)c1=O)c1cccn1C. The van der Waals surface area contributed by atoms with E-state index in [1.807, 2.05) is 49.9 Å². The number of aliphatic hydroxyl groups excluding tert-OH is 1. The molecule has 1 atom stereocenters. The second kappa shape index (κ2) is 6.48. The molecule has 0 saturated heterocycles. The number of benzene rings is 1. The first-order valence-corrected chi connectivity index (χ1v) is 7.83. The van der Waals surface area contributed by atoms with Crippen molar-refractivity contribution in [1.29, 1.82) is 0 Å². The normalized spacial score (nSPS) is 13.2. The Hall–Kier alpha value is -3.00. The molecule has 130 valence electrons. The summed E-state index contributed by atoms with van der Waals surface area (Å²) in [6, 6.07) is 9.22. The van der Waals surface area contributed by atoms with Gasteiger partial charge in [-0.15, -0.1) is 0 Å². The Kier molecular flexibility index (Phi) is 4.37. The number of hydrogen-bond donors (Lipinski definition) is 1. The molecular weight excluding hydrogens is 320 g/mol. The van der Waals surface area contributed by atoms with E-state index in [4.69, 9.17) is 0 Å². The maximum absolute atomic E-state index is 12.2. The molecule has 0 fully saturated rings. The Morgan fingerprint density at radius 3 is 2.56 bits per heavy atom. The van der Waals surface area contributed by atoms with E-state index in [9.17, 15) is 9.90 Å². The molecule has 0 amide bonds. The van der Waals surface area contributed by atoms with E-state index in [0.717, 1.165) is 15.9 Å². The van der Waals surface area contributed by atoms with Crippen LogP contribution in [0.5, 0.6) is 0 Å². The van der Waals surface area contributed by atoms with Gasteiger partial charge in [0, 0.05) is 25.9 Å². The van der Waals surface area contributed by atoms with Crippen LogP contribution in [0.4, 0.5) is 0 Å². The smallest absolute Gasteiger partial charge is 0.368 e. The number of aryl methyl sites for hydroxylation is 3. The molecule has 8 heteroatoms. The molecule has 2 aromatic heterocycles. The molecule has 2 heterocycles. The van der Waals surface area contributed by atoms with Crippen molar-refractivity contribution in [3.05, 3.63) is 63.8 Å². The number of aliphatic hydroxyl groups is 1. The summed E-state index contributed by atoms with van der Waals surface area (Å²) >= 11 is 0. The van der Waals surface area contributed by atoms with Crippen LogP contribution in [0.2, 0.25) is 0 Å². The van der Waals surface area contributed by atoms with Crippen molar-refractivity contribution in [2.75, 3.05) is 0 Å². The highest BCUT2D eigenvalue weighted by Crippen LogP contribution is 2.26. The van der Waals surface area contributed by atoms with Crippen LogP contribution in [0.1, 0.15) is 30.0 Å². The van der Waals surface area contributed by atoms with E-state index in [1.165, 1.54) is 11.7 Å². The quantitative estimate of drug-likeness (QED) is 0.721. The fourth-order valence-corrected chi connectivity index (χ4v) is 2.80. The number of hydrogen-bond acceptors (Lipinski definition) is 5. The van der Waals surface area contributed by atoms with Gasteiger partial charge in [-0.05, 0) is 48.0 Å². The van der Waals surface area contributed by atoms with Crippen molar-refractivity contribution in [1.82, 2.24) is 24.4 Å². The van der Waals surface area contributed by atoms with Crippen LogP contribution in [0.3, 0.4) is 0 Å². The van der Waals surface area contributed by atoms with Gasteiger partial charge in [0.1, 0.15) is 0 Å². The van der Waals surface area contributed by atoms with Gasteiger partial charge in [-0.1, -0.05) is 12.1 Å². The Bertz CT molecular complexity index is 995. The summed E-state index contributed by atoms with van der Waals surface area (Å²) in [6.45, 7) is 3.70. The van der Waals surface area contributed by atoms with Crippen LogP contribution in [-0.4, -0.2) is 35.2 Å². The Morgan fingerprint density at radius 1 is 1.20 bits per heavy atom. The number of rotatable bonds is 4. The van der Waals surface area contributed by atoms with Gasteiger partial charge in [-0.3, -0.25) is 4.99 Å². The van der Waals surface area contributed by atoms with E-state index in [2.05, 4.69) is 15.4 Å². The van der Waals surface area contributed by atoms with Crippen molar-refractivity contribution in [3.8, 4) is 5.69 Å². The molecule has 1 aromatic carbocycles. The van der Waals surface area contributed by atoms with Gasteiger partial charge in [0.05, 0.1) is 17.1 Å². The maximum Gasteiger partial charge on any atom is 0.368 e. The fraction of sp³-hybridized carbons (Fsp3) is 0.294. The molecule has 0 aliphatic rings. The van der Waals surface area contributed by atoms with Crippen LogP contribution in [0.25, 0.3) is 5.69 Å². The van der Waals surface area contributed by atoms with Gasteiger partial charge < -0.3 is 9.67 Å². The van der Waals surface area contributed by atoms with Gasteiger partial charge in [-0.2, -0.15) is 9.36 Å². The first-order chi connectivity index (χ1) is 11.9. The third-order valence-electron chi connectivity index (χ3n) is 4.14. The van der Waals surface area contributed by atoms with Gasteiger partial charge in [0.2, 0.25) is 0 Å².